The van der Waals surface area contributed by atoms with Gasteiger partial charge >= 0.3 is 15.6 Å². The van der Waals surface area contributed by atoms with Gasteiger partial charge in [0.2, 0.25) is 0 Å². The van der Waals surface area contributed by atoms with Crippen LogP contribution in [0.5, 0.6) is 0 Å². The van der Waals surface area contributed by atoms with Crippen molar-refractivity contribution in [2.75, 3.05) is 0 Å². The molecular weight excluding hydrogens is 213 g/mol. The number of halogens is 3. The molecule has 61 valence electrons. The third kappa shape index (κ3) is 3.74. The molecule has 1 N–H and O–H groups in total. The van der Waals surface area contributed by atoms with E-state index in [4.69, 9.17) is 13.0 Å². The van der Waals surface area contributed by atoms with Crippen LogP contribution >= 0.6 is 0 Å². The van der Waals surface area contributed by atoms with E-state index >= 15 is 0 Å². The summed E-state index contributed by atoms with van der Waals surface area (Å²) < 4.78 is 57.5. The molecule has 0 aliphatic heterocycles. The van der Waals surface area contributed by atoms with Gasteiger partial charge in [0.05, 0.1) is 0 Å². The van der Waals surface area contributed by atoms with Gasteiger partial charge in [-0.2, -0.15) is 21.6 Å². The summed E-state index contributed by atoms with van der Waals surface area (Å²) in [6, 6.07) is 0. The van der Waals surface area contributed by atoms with Crippen LogP contribution in [0.4, 0.5) is 13.2 Å². The second-order valence-electron chi connectivity index (χ2n) is 0.921. The molecule has 0 spiro atoms. The molecule has 1 radical (unpaired) electrons. The van der Waals surface area contributed by atoms with Crippen LogP contribution in [0.25, 0.3) is 0 Å². The van der Waals surface area contributed by atoms with Crippen LogP contribution in [0.1, 0.15) is 0 Å². The van der Waals surface area contributed by atoms with Crippen molar-refractivity contribution < 1.29 is 43.2 Å². The fourth-order valence-electron chi connectivity index (χ4n) is 0. The first-order valence-electron chi connectivity index (χ1n) is 1.29. The third-order valence-electron chi connectivity index (χ3n) is 0.292. The molecule has 0 heterocycles. The van der Waals surface area contributed by atoms with Gasteiger partial charge in [0, 0.05) is 17.1 Å². The van der Waals surface area contributed by atoms with E-state index < -0.39 is 15.6 Å². The molecule has 0 unspecified atom stereocenters. The second-order valence-corrected chi connectivity index (χ2v) is 2.33. The number of hydrogen-bond donors (Lipinski definition) is 1. The molecule has 0 aliphatic carbocycles. The van der Waals surface area contributed by atoms with E-state index in [9.17, 15) is 13.2 Å². The maximum Gasteiger partial charge on any atom is 0.522 e. The van der Waals surface area contributed by atoms with Crippen LogP contribution in [-0.4, -0.2) is 18.5 Å². The summed E-state index contributed by atoms with van der Waals surface area (Å²) in [5, 5.41) is 0. The van der Waals surface area contributed by atoms with Gasteiger partial charge in [-0.1, -0.05) is 0 Å². The Bertz CT molecular complexity index is 168. The predicted octanol–water partition coefficient (Wildman–Crippen LogP) is 0.392. The molecular formula is CHCuF3O3S. The van der Waals surface area contributed by atoms with Crippen molar-refractivity contribution in [2.24, 2.45) is 0 Å². The van der Waals surface area contributed by atoms with Crippen molar-refractivity contribution in [3.63, 3.8) is 0 Å². The Morgan fingerprint density at radius 3 is 1.33 bits per heavy atom. The Kier molecular flexibility index (Phi) is 3.81. The van der Waals surface area contributed by atoms with Crippen LogP contribution < -0.4 is 0 Å². The molecule has 0 saturated heterocycles. The average molecular weight is 214 g/mol. The van der Waals surface area contributed by atoms with Crippen molar-refractivity contribution in [3.05, 3.63) is 0 Å². The van der Waals surface area contributed by atoms with E-state index in [0.717, 1.165) is 0 Å². The van der Waals surface area contributed by atoms with E-state index in [1.807, 2.05) is 0 Å². The zero-order valence-corrected chi connectivity index (χ0v) is 5.37. The van der Waals surface area contributed by atoms with E-state index in [0.29, 0.717) is 0 Å². The van der Waals surface area contributed by atoms with Gasteiger partial charge in [-0.25, -0.2) is 0 Å². The minimum Gasteiger partial charge on any atom is -0.279 e. The Morgan fingerprint density at radius 2 is 1.33 bits per heavy atom. The van der Waals surface area contributed by atoms with Crippen LogP contribution in [0.3, 0.4) is 0 Å². The van der Waals surface area contributed by atoms with Crippen LogP contribution in [-0.2, 0) is 27.2 Å². The third-order valence-corrected chi connectivity index (χ3v) is 0.877. The van der Waals surface area contributed by atoms with Gasteiger partial charge in [-0.15, -0.1) is 0 Å². The number of hydrogen-bond acceptors (Lipinski definition) is 2. The van der Waals surface area contributed by atoms with E-state index in [1.165, 1.54) is 0 Å². The van der Waals surface area contributed by atoms with Crippen LogP contribution in [0.15, 0.2) is 0 Å². The normalized spacial score (nSPS) is 12.4. The van der Waals surface area contributed by atoms with Gasteiger partial charge in [0.15, 0.2) is 0 Å². The summed E-state index contributed by atoms with van der Waals surface area (Å²) in [4.78, 5) is 0. The first kappa shape index (κ1) is 12.0. The molecule has 0 fully saturated rings. The SMILES string of the molecule is O=S(=O)(O)C(F)(F)F.[Cu]. The van der Waals surface area contributed by atoms with Crippen molar-refractivity contribution in [1.82, 2.24) is 0 Å². The average Bonchev–Trinajstić information content (AvgIpc) is 1.25. The summed E-state index contributed by atoms with van der Waals surface area (Å²) >= 11 is 0. The molecule has 9 heavy (non-hydrogen) atoms. The van der Waals surface area contributed by atoms with Gasteiger partial charge in [-0.3, -0.25) is 4.55 Å². The Balaban J connectivity index is 0. The zero-order chi connectivity index (χ0) is 7.00. The summed E-state index contributed by atoms with van der Waals surface area (Å²) in [5.41, 5.74) is -5.53. The molecule has 0 rings (SSSR count). The zero-order valence-electron chi connectivity index (χ0n) is 3.61. The molecule has 0 amide bonds. The Labute approximate surface area is 59.5 Å². The maximum absolute atomic E-state index is 10.7. The molecule has 0 aliphatic rings. The van der Waals surface area contributed by atoms with Gasteiger partial charge in [0.25, 0.3) is 0 Å². The summed E-state index contributed by atoms with van der Waals surface area (Å²) in [6.07, 6.45) is 0. The second kappa shape index (κ2) is 2.87. The van der Waals surface area contributed by atoms with Crippen molar-refractivity contribution in [2.45, 2.75) is 5.51 Å². The van der Waals surface area contributed by atoms with Crippen LogP contribution in [0, 0.1) is 0 Å². The first-order valence-corrected chi connectivity index (χ1v) is 2.73. The fourth-order valence-corrected chi connectivity index (χ4v) is 0. The van der Waals surface area contributed by atoms with Crippen molar-refractivity contribution in [3.8, 4) is 0 Å². The van der Waals surface area contributed by atoms with E-state index in [-0.39, 0.29) is 17.1 Å². The topological polar surface area (TPSA) is 54.4 Å². The summed E-state index contributed by atoms with van der Waals surface area (Å²) in [7, 11) is -5.84. The molecule has 3 nitrogen and oxygen atoms in total. The Hall–Kier alpha value is 0.219. The van der Waals surface area contributed by atoms with Gasteiger partial charge in [-0.05, 0) is 0 Å². The molecule has 0 aromatic carbocycles. The summed E-state index contributed by atoms with van der Waals surface area (Å²) in [6.45, 7) is 0. The van der Waals surface area contributed by atoms with E-state index in [2.05, 4.69) is 0 Å². The molecule has 0 saturated carbocycles. The Morgan fingerprint density at radius 1 is 1.22 bits per heavy atom. The molecule has 0 aromatic rings. The molecule has 0 atom stereocenters. The molecule has 0 aromatic heterocycles. The minimum atomic E-state index is -5.84. The van der Waals surface area contributed by atoms with Crippen molar-refractivity contribution >= 4 is 10.1 Å². The first-order chi connectivity index (χ1) is 3.25. The van der Waals surface area contributed by atoms with E-state index in [1.54, 1.807) is 0 Å². The predicted molar refractivity (Wildman–Crippen MR) is 17.6 cm³/mol. The van der Waals surface area contributed by atoms with Crippen molar-refractivity contribution in [1.29, 1.82) is 0 Å². The maximum atomic E-state index is 10.7. The summed E-state index contributed by atoms with van der Waals surface area (Å²) in [5.74, 6) is 0. The van der Waals surface area contributed by atoms with Crippen LogP contribution in [0.2, 0.25) is 0 Å². The largest absolute Gasteiger partial charge is 0.522 e. The fraction of sp³-hybridized carbons (Fsp3) is 1.00. The minimum absolute atomic E-state index is 0. The molecule has 8 heteroatoms. The van der Waals surface area contributed by atoms with Gasteiger partial charge in [0.1, 0.15) is 0 Å². The smallest absolute Gasteiger partial charge is 0.279 e. The van der Waals surface area contributed by atoms with Gasteiger partial charge < -0.3 is 0 Å². The quantitative estimate of drug-likeness (QED) is 0.360. The molecule has 0 bridgehead atoms. The monoisotopic (exact) mass is 213 g/mol. The standard InChI is InChI=1S/CHF3O3S.Cu/c2-1(3,4)8(5,6)7;/h(H,5,6,7);. The number of rotatable bonds is 0. The number of alkyl halides is 3.